The fourth-order valence-electron chi connectivity index (χ4n) is 3.81. The van der Waals surface area contributed by atoms with Gasteiger partial charge < -0.3 is 4.98 Å². The van der Waals surface area contributed by atoms with Gasteiger partial charge in [-0.2, -0.15) is 0 Å². The Morgan fingerprint density at radius 1 is 1.27 bits per heavy atom. The molecule has 1 aromatic carbocycles. The summed E-state index contributed by atoms with van der Waals surface area (Å²) in [6.45, 7) is 9.62. The fourth-order valence-corrected chi connectivity index (χ4v) is 3.81. The van der Waals surface area contributed by atoms with Gasteiger partial charge >= 0.3 is 0 Å². The van der Waals surface area contributed by atoms with Gasteiger partial charge in [-0.25, -0.2) is 9.97 Å². The molecule has 2 aromatic heterocycles. The summed E-state index contributed by atoms with van der Waals surface area (Å²) in [7, 11) is 0. The van der Waals surface area contributed by atoms with Gasteiger partial charge in [0, 0.05) is 49.4 Å². The van der Waals surface area contributed by atoms with Crippen LogP contribution >= 0.6 is 0 Å². The van der Waals surface area contributed by atoms with Crippen molar-refractivity contribution in [3.63, 3.8) is 0 Å². The number of hydrogen-bond acceptors (Lipinski definition) is 3. The SMILES string of the molecule is CCCc1ncc2c(n1)CN(Cc1c[nH]c3cc(C(C)C)ccc13)CC2. The van der Waals surface area contributed by atoms with Crippen LogP contribution < -0.4 is 0 Å². The number of rotatable bonds is 5. The number of benzene rings is 1. The lowest BCUT2D eigenvalue weighted by molar-refractivity contribution is 0.241. The molecule has 0 radical (unpaired) electrons. The van der Waals surface area contributed by atoms with Crippen molar-refractivity contribution < 1.29 is 0 Å². The maximum absolute atomic E-state index is 4.82. The standard InChI is InChI=1S/C22H28N4/c1-4-5-22-24-11-17-8-9-26(14-21(17)25-22)13-18-12-23-20-10-16(15(2)3)6-7-19(18)20/h6-7,10-12,15,23H,4-5,8-9,13-14H2,1-3H3. The molecule has 3 heterocycles. The first kappa shape index (κ1) is 17.2. The highest BCUT2D eigenvalue weighted by Crippen LogP contribution is 2.26. The van der Waals surface area contributed by atoms with E-state index in [0.717, 1.165) is 44.7 Å². The Hall–Kier alpha value is -2.20. The lowest BCUT2D eigenvalue weighted by Crippen LogP contribution is -2.31. The van der Waals surface area contributed by atoms with E-state index < -0.39 is 0 Å². The normalized spacial score (nSPS) is 14.9. The minimum Gasteiger partial charge on any atom is -0.361 e. The van der Waals surface area contributed by atoms with Crippen molar-refractivity contribution in [3.8, 4) is 0 Å². The summed E-state index contributed by atoms with van der Waals surface area (Å²) in [6.07, 6.45) is 7.32. The molecule has 1 N–H and O–H groups in total. The first-order valence-corrected chi connectivity index (χ1v) is 9.80. The Morgan fingerprint density at radius 2 is 2.15 bits per heavy atom. The average molecular weight is 348 g/mol. The Kier molecular flexibility index (Phi) is 4.77. The molecule has 0 aliphatic carbocycles. The molecule has 1 aliphatic heterocycles. The molecule has 0 spiro atoms. The molecule has 1 aliphatic rings. The molecule has 0 fully saturated rings. The van der Waals surface area contributed by atoms with Crippen LogP contribution in [0.1, 0.15) is 61.3 Å². The highest BCUT2D eigenvalue weighted by Gasteiger charge is 2.19. The Bertz CT molecular complexity index is 910. The van der Waals surface area contributed by atoms with Crippen molar-refractivity contribution in [1.29, 1.82) is 0 Å². The molecular weight excluding hydrogens is 320 g/mol. The summed E-state index contributed by atoms with van der Waals surface area (Å²) in [6, 6.07) is 6.83. The van der Waals surface area contributed by atoms with Crippen molar-refractivity contribution in [3.05, 3.63) is 58.8 Å². The van der Waals surface area contributed by atoms with E-state index in [-0.39, 0.29) is 0 Å². The third-order valence-corrected chi connectivity index (χ3v) is 5.40. The smallest absolute Gasteiger partial charge is 0.128 e. The molecular formula is C22H28N4. The topological polar surface area (TPSA) is 44.8 Å². The molecule has 0 saturated carbocycles. The van der Waals surface area contributed by atoms with E-state index in [2.05, 4.69) is 60.0 Å². The van der Waals surface area contributed by atoms with Gasteiger partial charge in [0.15, 0.2) is 0 Å². The Morgan fingerprint density at radius 3 is 2.96 bits per heavy atom. The van der Waals surface area contributed by atoms with Crippen LogP contribution in [0.4, 0.5) is 0 Å². The van der Waals surface area contributed by atoms with Gasteiger partial charge in [0.05, 0.1) is 5.69 Å². The van der Waals surface area contributed by atoms with Crippen molar-refractivity contribution in [1.82, 2.24) is 19.9 Å². The van der Waals surface area contributed by atoms with E-state index in [9.17, 15) is 0 Å². The van der Waals surface area contributed by atoms with Gasteiger partial charge in [-0.05, 0) is 41.5 Å². The van der Waals surface area contributed by atoms with E-state index >= 15 is 0 Å². The summed E-state index contributed by atoms with van der Waals surface area (Å²) in [5.41, 5.74) is 6.55. The quantitative estimate of drug-likeness (QED) is 0.733. The van der Waals surface area contributed by atoms with Crippen LogP contribution in [0.5, 0.6) is 0 Å². The van der Waals surface area contributed by atoms with Gasteiger partial charge in [-0.1, -0.05) is 32.9 Å². The number of aromatic nitrogens is 3. The van der Waals surface area contributed by atoms with Crippen molar-refractivity contribution >= 4 is 10.9 Å². The van der Waals surface area contributed by atoms with Crippen LogP contribution in [0, 0.1) is 0 Å². The Labute approximate surface area is 155 Å². The maximum atomic E-state index is 4.82. The van der Waals surface area contributed by atoms with Gasteiger partial charge in [0.1, 0.15) is 5.82 Å². The zero-order chi connectivity index (χ0) is 18.1. The molecule has 4 nitrogen and oxygen atoms in total. The summed E-state index contributed by atoms with van der Waals surface area (Å²) in [5, 5.41) is 1.34. The highest BCUT2D eigenvalue weighted by atomic mass is 15.1. The van der Waals surface area contributed by atoms with Gasteiger partial charge in [-0.3, -0.25) is 4.90 Å². The first-order chi connectivity index (χ1) is 12.6. The zero-order valence-electron chi connectivity index (χ0n) is 16.0. The minimum atomic E-state index is 0.557. The average Bonchev–Trinajstić information content (AvgIpc) is 3.04. The van der Waals surface area contributed by atoms with Crippen molar-refractivity contribution in [2.75, 3.05) is 6.54 Å². The van der Waals surface area contributed by atoms with Crippen LogP contribution in [-0.4, -0.2) is 26.4 Å². The molecule has 4 rings (SSSR count). The van der Waals surface area contributed by atoms with Crippen LogP contribution in [-0.2, 0) is 25.9 Å². The molecule has 4 heteroatoms. The highest BCUT2D eigenvalue weighted by molar-refractivity contribution is 5.83. The van der Waals surface area contributed by atoms with Gasteiger partial charge in [0.25, 0.3) is 0 Å². The van der Waals surface area contributed by atoms with Gasteiger partial charge in [-0.15, -0.1) is 0 Å². The largest absolute Gasteiger partial charge is 0.361 e. The number of nitrogens with one attached hydrogen (secondary N) is 1. The number of aryl methyl sites for hydroxylation is 1. The van der Waals surface area contributed by atoms with E-state index in [0.29, 0.717) is 5.92 Å². The van der Waals surface area contributed by atoms with Gasteiger partial charge in [0.2, 0.25) is 0 Å². The van der Waals surface area contributed by atoms with E-state index in [1.165, 1.54) is 33.3 Å². The molecule has 0 amide bonds. The molecule has 26 heavy (non-hydrogen) atoms. The van der Waals surface area contributed by atoms with Crippen LogP contribution in [0.15, 0.2) is 30.6 Å². The molecule has 0 unspecified atom stereocenters. The third-order valence-electron chi connectivity index (χ3n) is 5.40. The summed E-state index contributed by atoms with van der Waals surface area (Å²) in [5.74, 6) is 1.54. The molecule has 0 saturated heterocycles. The third kappa shape index (κ3) is 3.38. The maximum Gasteiger partial charge on any atom is 0.128 e. The molecule has 3 aromatic rings. The van der Waals surface area contributed by atoms with E-state index in [4.69, 9.17) is 4.98 Å². The van der Waals surface area contributed by atoms with E-state index in [1.807, 2.05) is 6.20 Å². The Balaban J connectivity index is 1.53. The predicted molar refractivity (Wildman–Crippen MR) is 106 cm³/mol. The summed E-state index contributed by atoms with van der Waals surface area (Å²) < 4.78 is 0. The second-order valence-corrected chi connectivity index (χ2v) is 7.74. The monoisotopic (exact) mass is 348 g/mol. The van der Waals surface area contributed by atoms with Crippen LogP contribution in [0.2, 0.25) is 0 Å². The minimum absolute atomic E-state index is 0.557. The summed E-state index contributed by atoms with van der Waals surface area (Å²) >= 11 is 0. The van der Waals surface area contributed by atoms with Crippen LogP contribution in [0.3, 0.4) is 0 Å². The second kappa shape index (κ2) is 7.20. The zero-order valence-corrected chi connectivity index (χ0v) is 16.0. The van der Waals surface area contributed by atoms with Crippen molar-refractivity contribution in [2.45, 2.75) is 59.0 Å². The number of aromatic amines is 1. The lowest BCUT2D eigenvalue weighted by Gasteiger charge is -2.27. The van der Waals surface area contributed by atoms with E-state index in [1.54, 1.807) is 0 Å². The number of hydrogen-bond donors (Lipinski definition) is 1. The number of H-pyrrole nitrogens is 1. The second-order valence-electron chi connectivity index (χ2n) is 7.74. The number of fused-ring (bicyclic) bond motifs is 2. The number of nitrogens with zero attached hydrogens (tertiary/aromatic N) is 3. The fraction of sp³-hybridized carbons (Fsp3) is 0.455. The molecule has 0 atom stereocenters. The first-order valence-electron chi connectivity index (χ1n) is 9.80. The summed E-state index contributed by atoms with van der Waals surface area (Å²) in [4.78, 5) is 15.3. The van der Waals surface area contributed by atoms with Crippen molar-refractivity contribution in [2.24, 2.45) is 0 Å². The lowest BCUT2D eigenvalue weighted by atomic mass is 10.0. The van der Waals surface area contributed by atoms with Crippen LogP contribution in [0.25, 0.3) is 10.9 Å². The predicted octanol–water partition coefficient (Wildman–Crippen LogP) is 4.59. The molecule has 136 valence electrons. The molecule has 0 bridgehead atoms.